The van der Waals surface area contributed by atoms with Gasteiger partial charge in [-0.25, -0.2) is 0 Å². The minimum Gasteiger partial charge on any atom is -0.134 e. The maximum absolute atomic E-state index is 2.51. The molecule has 2 heteroatoms. The fraction of sp³-hybridized carbons (Fsp3) is 0.0492. The second kappa shape index (κ2) is 13.0. The summed E-state index contributed by atoms with van der Waals surface area (Å²) in [6.45, 7) is 4.82. The molecule has 13 aromatic rings. The molecule has 294 valence electrons. The first kappa shape index (κ1) is 35.5. The molecule has 2 heterocycles. The molecule has 0 N–H and O–H groups in total. The van der Waals surface area contributed by atoms with E-state index in [4.69, 9.17) is 0 Å². The van der Waals surface area contributed by atoms with E-state index in [2.05, 4.69) is 208 Å². The smallest absolute Gasteiger partial charge is 0.0534 e. The molecule has 0 saturated carbocycles. The molecule has 0 amide bonds. The molecule has 1 aliphatic carbocycles. The average Bonchev–Trinajstić information content (AvgIpc) is 3.98. The lowest BCUT2D eigenvalue weighted by atomic mass is 9.80. The number of rotatable bonds is 3. The van der Waals surface area contributed by atoms with Crippen molar-refractivity contribution in [3.63, 3.8) is 0 Å². The van der Waals surface area contributed by atoms with E-state index in [1.165, 1.54) is 139 Å². The lowest BCUT2D eigenvalue weighted by molar-refractivity contribution is 0.660. The first-order chi connectivity index (χ1) is 31.0. The molecule has 0 aliphatic heterocycles. The van der Waals surface area contributed by atoms with Crippen LogP contribution in [0.25, 0.3) is 128 Å². The van der Waals surface area contributed by atoms with Gasteiger partial charge in [-0.2, -0.15) is 0 Å². The molecule has 0 atom stereocenters. The van der Waals surface area contributed by atoms with Crippen LogP contribution in [0.1, 0.15) is 25.0 Å². The Bertz CT molecular complexity index is 4060. The van der Waals surface area contributed by atoms with Gasteiger partial charge in [0, 0.05) is 36.4 Å². The zero-order valence-electron chi connectivity index (χ0n) is 34.8. The van der Waals surface area contributed by atoms with Gasteiger partial charge in [0.25, 0.3) is 0 Å². The van der Waals surface area contributed by atoms with Gasteiger partial charge in [-0.15, -0.1) is 22.7 Å². The van der Waals surface area contributed by atoms with Crippen LogP contribution in [0.2, 0.25) is 0 Å². The average molecular weight is 835 g/mol. The zero-order chi connectivity index (χ0) is 41.6. The van der Waals surface area contributed by atoms with E-state index in [1.807, 2.05) is 22.7 Å². The Kier molecular flexibility index (Phi) is 7.31. The van der Waals surface area contributed by atoms with Gasteiger partial charge in [0.05, 0.1) is 9.40 Å². The highest BCUT2D eigenvalue weighted by molar-refractivity contribution is 7.33. The maximum Gasteiger partial charge on any atom is 0.0534 e. The van der Waals surface area contributed by atoms with E-state index in [0.29, 0.717) is 0 Å². The molecule has 0 spiro atoms. The van der Waals surface area contributed by atoms with Crippen LogP contribution in [0, 0.1) is 0 Å². The van der Waals surface area contributed by atoms with Crippen molar-refractivity contribution < 1.29 is 0 Å². The highest BCUT2D eigenvalue weighted by Crippen LogP contribution is 2.54. The first-order valence-electron chi connectivity index (χ1n) is 21.9. The molecule has 2 aromatic heterocycles. The van der Waals surface area contributed by atoms with Crippen LogP contribution in [0.3, 0.4) is 0 Å². The van der Waals surface area contributed by atoms with Crippen LogP contribution in [-0.2, 0) is 5.41 Å². The van der Waals surface area contributed by atoms with Gasteiger partial charge in [0.2, 0.25) is 0 Å². The normalized spacial score (nSPS) is 13.4. The van der Waals surface area contributed by atoms with E-state index >= 15 is 0 Å². The van der Waals surface area contributed by atoms with Gasteiger partial charge in [0.15, 0.2) is 0 Å². The summed E-state index contributed by atoms with van der Waals surface area (Å²) < 4.78 is 5.51. The Morgan fingerprint density at radius 1 is 0.317 bits per heavy atom. The molecule has 14 rings (SSSR count). The van der Waals surface area contributed by atoms with Crippen LogP contribution in [0.5, 0.6) is 0 Å². The van der Waals surface area contributed by atoms with E-state index in [-0.39, 0.29) is 5.41 Å². The molecular formula is C61H38S2. The number of fused-ring (bicyclic) bond motifs is 15. The topological polar surface area (TPSA) is 0 Å². The SMILES string of the molecule is CC1(C)c2ccc(-c3cccc4c3sc3c4ccc4c3sc3ccc5ccccc5c34)cc2-c2ccc(-c3c4ccccc4c(-c4cccc5ccccc45)c4ccccc34)cc21. The lowest BCUT2D eigenvalue weighted by Gasteiger charge is -2.23. The summed E-state index contributed by atoms with van der Waals surface area (Å²) in [7, 11) is 0. The van der Waals surface area contributed by atoms with E-state index in [9.17, 15) is 0 Å². The van der Waals surface area contributed by atoms with Crippen LogP contribution in [0.15, 0.2) is 194 Å². The number of hydrogen-bond donors (Lipinski definition) is 0. The van der Waals surface area contributed by atoms with Crippen molar-refractivity contribution >= 4 is 106 Å². The van der Waals surface area contributed by atoms with Crippen molar-refractivity contribution in [3.8, 4) is 44.5 Å². The van der Waals surface area contributed by atoms with E-state index in [0.717, 1.165) is 0 Å². The number of thiophene rings is 2. The zero-order valence-corrected chi connectivity index (χ0v) is 36.4. The molecule has 63 heavy (non-hydrogen) atoms. The van der Waals surface area contributed by atoms with Crippen molar-refractivity contribution in [1.29, 1.82) is 0 Å². The largest absolute Gasteiger partial charge is 0.134 e. The maximum atomic E-state index is 2.51. The molecule has 0 bridgehead atoms. The van der Waals surface area contributed by atoms with Crippen molar-refractivity contribution in [3.05, 3.63) is 205 Å². The summed E-state index contributed by atoms with van der Waals surface area (Å²) in [4.78, 5) is 0. The minimum absolute atomic E-state index is 0.158. The molecule has 0 radical (unpaired) electrons. The van der Waals surface area contributed by atoms with Gasteiger partial charge in [-0.1, -0.05) is 190 Å². The molecule has 11 aromatic carbocycles. The summed E-state index contributed by atoms with van der Waals surface area (Å²) >= 11 is 3.91. The summed E-state index contributed by atoms with van der Waals surface area (Å²) in [6, 6.07) is 73.2. The monoisotopic (exact) mass is 834 g/mol. The first-order valence-corrected chi connectivity index (χ1v) is 23.5. The summed E-state index contributed by atoms with van der Waals surface area (Å²) in [6.07, 6.45) is 0. The molecule has 0 fully saturated rings. The Balaban J connectivity index is 0.930. The Morgan fingerprint density at radius 3 is 1.67 bits per heavy atom. The Morgan fingerprint density at radius 2 is 0.889 bits per heavy atom. The van der Waals surface area contributed by atoms with Crippen molar-refractivity contribution in [2.75, 3.05) is 0 Å². The van der Waals surface area contributed by atoms with Gasteiger partial charge in [-0.05, 0) is 117 Å². The highest BCUT2D eigenvalue weighted by Gasteiger charge is 2.36. The standard InChI is InChI=1S/C61H38S2/c1-61(2)52-31-26-37(41-22-12-24-48-49-29-30-50-57-40-17-6-4-14-36(40)27-32-54(57)62-60(50)59(49)63-58(41)48)33-51(52)42-28-25-38(34-53(42)61)55-44-18-7-9-20-46(44)56(47-21-10-8-19-45(47)55)43-23-11-15-35-13-3-5-16-39(35)43/h3-34H,1-2H3. The second-order valence-electron chi connectivity index (χ2n) is 17.9. The number of benzene rings is 11. The summed E-state index contributed by atoms with van der Waals surface area (Å²) in [5.41, 5.74) is 13.0. The third-order valence-corrected chi connectivity index (χ3v) is 16.8. The third kappa shape index (κ3) is 4.91. The Hall–Kier alpha value is -7.10. The molecule has 1 aliphatic rings. The molecule has 0 nitrogen and oxygen atoms in total. The third-order valence-electron chi connectivity index (χ3n) is 14.3. The minimum atomic E-state index is -0.158. The van der Waals surface area contributed by atoms with E-state index < -0.39 is 0 Å². The Labute approximate surface area is 372 Å². The molecule has 0 saturated heterocycles. The summed E-state index contributed by atoms with van der Waals surface area (Å²) in [5, 5.41) is 15.8. The fourth-order valence-corrected chi connectivity index (χ4v) is 14.0. The van der Waals surface area contributed by atoms with Crippen molar-refractivity contribution in [2.24, 2.45) is 0 Å². The van der Waals surface area contributed by atoms with Gasteiger partial charge in [-0.3, -0.25) is 0 Å². The highest BCUT2D eigenvalue weighted by atomic mass is 32.1. The van der Waals surface area contributed by atoms with Crippen LogP contribution < -0.4 is 0 Å². The predicted octanol–water partition coefficient (Wildman–Crippen LogP) is 18.3. The van der Waals surface area contributed by atoms with Gasteiger partial charge < -0.3 is 0 Å². The molecular weight excluding hydrogens is 797 g/mol. The van der Waals surface area contributed by atoms with Crippen molar-refractivity contribution in [2.45, 2.75) is 19.3 Å². The van der Waals surface area contributed by atoms with Crippen molar-refractivity contribution in [1.82, 2.24) is 0 Å². The summed E-state index contributed by atoms with van der Waals surface area (Å²) in [5.74, 6) is 0. The fourth-order valence-electron chi connectivity index (χ4n) is 11.3. The van der Waals surface area contributed by atoms with Gasteiger partial charge in [0.1, 0.15) is 0 Å². The van der Waals surface area contributed by atoms with Crippen LogP contribution >= 0.6 is 22.7 Å². The van der Waals surface area contributed by atoms with E-state index in [1.54, 1.807) is 0 Å². The van der Waals surface area contributed by atoms with Gasteiger partial charge >= 0.3 is 0 Å². The predicted molar refractivity (Wildman–Crippen MR) is 276 cm³/mol. The number of hydrogen-bond acceptors (Lipinski definition) is 2. The van der Waals surface area contributed by atoms with Crippen LogP contribution in [0.4, 0.5) is 0 Å². The molecule has 0 unspecified atom stereocenters. The quantitative estimate of drug-likeness (QED) is 0.156. The lowest BCUT2D eigenvalue weighted by Crippen LogP contribution is -2.15. The second-order valence-corrected chi connectivity index (χ2v) is 20.0. The van der Waals surface area contributed by atoms with Crippen LogP contribution in [-0.4, -0.2) is 0 Å².